The van der Waals surface area contributed by atoms with E-state index in [1.54, 1.807) is 12.4 Å². The molecule has 0 N–H and O–H groups in total. The van der Waals surface area contributed by atoms with E-state index in [-0.39, 0.29) is 18.1 Å². The maximum absolute atomic E-state index is 13.7. The van der Waals surface area contributed by atoms with Gasteiger partial charge in [0.15, 0.2) is 0 Å². The highest BCUT2D eigenvalue weighted by atomic mass is 32.1. The molecule has 3 aromatic heterocycles. The number of thiazole rings is 1. The number of amides is 1. The van der Waals surface area contributed by atoms with Crippen LogP contribution in [0.15, 0.2) is 42.2 Å². The molecule has 6 nitrogen and oxygen atoms in total. The molecule has 3 unspecified atom stereocenters. The van der Waals surface area contributed by atoms with Crippen molar-refractivity contribution in [3.8, 4) is 16.6 Å². The van der Waals surface area contributed by atoms with Gasteiger partial charge in [-0.05, 0) is 56.2 Å². The number of fused-ring (bicyclic) bond motifs is 3. The number of ether oxygens (including phenoxy) is 1. The Kier molecular flexibility index (Phi) is 4.98. The normalized spacial score (nSPS) is 22.9. The third kappa shape index (κ3) is 3.58. The Hall–Kier alpha value is -2.80. The summed E-state index contributed by atoms with van der Waals surface area (Å²) in [4.78, 5) is 29.0. The van der Waals surface area contributed by atoms with Crippen LogP contribution in [0.4, 0.5) is 0 Å². The fourth-order valence-corrected chi connectivity index (χ4v) is 5.22. The molecule has 30 heavy (non-hydrogen) atoms. The standard InChI is InChI=1S/C23H24N4O2S/c1-14-3-6-20(25-11-14)29-19-10-16-4-5-18(19)27(13-16)23(28)17-9-15(2)12-26-21(17)22-24-7-8-30-22/h3,6-9,11-12,16,18-19H,4-5,10,13H2,1-2H3. The molecular weight excluding hydrogens is 396 g/mol. The number of hydrogen-bond donors (Lipinski definition) is 0. The molecule has 0 spiro atoms. The molecule has 5 heterocycles. The number of carbonyl (C=O) groups excluding carboxylic acids is 1. The van der Waals surface area contributed by atoms with Crippen molar-refractivity contribution in [2.45, 2.75) is 45.3 Å². The number of piperidine rings is 2. The van der Waals surface area contributed by atoms with E-state index in [2.05, 4.69) is 15.0 Å². The van der Waals surface area contributed by atoms with Crippen LogP contribution >= 0.6 is 11.3 Å². The minimum absolute atomic E-state index is 0.0243. The van der Waals surface area contributed by atoms with Gasteiger partial charge in [0.2, 0.25) is 5.88 Å². The Morgan fingerprint density at radius 3 is 2.73 bits per heavy atom. The minimum Gasteiger partial charge on any atom is -0.472 e. The molecule has 2 aliphatic heterocycles. The maximum Gasteiger partial charge on any atom is 0.256 e. The Morgan fingerprint density at radius 1 is 1.13 bits per heavy atom. The van der Waals surface area contributed by atoms with Crippen LogP contribution in [0.3, 0.4) is 0 Å². The van der Waals surface area contributed by atoms with Gasteiger partial charge in [-0.25, -0.2) is 9.97 Å². The number of aromatic nitrogens is 3. The van der Waals surface area contributed by atoms with Gasteiger partial charge in [-0.1, -0.05) is 6.07 Å². The molecule has 7 heteroatoms. The van der Waals surface area contributed by atoms with E-state index in [1.807, 2.05) is 48.5 Å². The lowest BCUT2D eigenvalue weighted by Gasteiger charge is -2.49. The molecule has 154 valence electrons. The van der Waals surface area contributed by atoms with Crippen LogP contribution in [-0.4, -0.2) is 44.4 Å². The number of pyridine rings is 2. The first kappa shape index (κ1) is 19.2. The van der Waals surface area contributed by atoms with Crippen molar-refractivity contribution in [1.29, 1.82) is 0 Å². The molecular formula is C23H24N4O2S. The number of rotatable bonds is 4. The van der Waals surface area contributed by atoms with Crippen molar-refractivity contribution in [3.05, 3.63) is 58.9 Å². The third-order valence-corrected chi connectivity index (χ3v) is 6.81. The molecule has 2 bridgehead atoms. The summed E-state index contributed by atoms with van der Waals surface area (Å²) in [7, 11) is 0. The molecule has 3 fully saturated rings. The molecule has 1 amide bonds. The van der Waals surface area contributed by atoms with Crippen LogP contribution in [0.1, 0.15) is 40.7 Å². The van der Waals surface area contributed by atoms with Crippen LogP contribution < -0.4 is 4.74 Å². The third-order valence-electron chi connectivity index (χ3n) is 6.03. The molecule has 1 saturated carbocycles. The van der Waals surface area contributed by atoms with E-state index in [1.165, 1.54) is 11.3 Å². The monoisotopic (exact) mass is 420 g/mol. The van der Waals surface area contributed by atoms with Gasteiger partial charge in [-0.3, -0.25) is 9.78 Å². The number of nitrogens with zero attached hydrogens (tertiary/aromatic N) is 4. The van der Waals surface area contributed by atoms with Gasteiger partial charge in [-0.2, -0.15) is 0 Å². The largest absolute Gasteiger partial charge is 0.472 e. The van der Waals surface area contributed by atoms with Crippen molar-refractivity contribution in [3.63, 3.8) is 0 Å². The van der Waals surface area contributed by atoms with Gasteiger partial charge in [0.1, 0.15) is 16.8 Å². The lowest BCUT2D eigenvalue weighted by Crippen LogP contribution is -2.59. The Bertz CT molecular complexity index is 1050. The minimum atomic E-state index is -0.0299. The molecule has 0 aromatic carbocycles. The Morgan fingerprint density at radius 2 is 2.00 bits per heavy atom. The van der Waals surface area contributed by atoms with Crippen LogP contribution in [0.2, 0.25) is 0 Å². The summed E-state index contributed by atoms with van der Waals surface area (Å²) in [5.74, 6) is 1.11. The first-order chi connectivity index (χ1) is 14.6. The van der Waals surface area contributed by atoms with Gasteiger partial charge in [0, 0.05) is 36.6 Å². The Balaban J connectivity index is 1.44. The molecule has 3 atom stereocenters. The topological polar surface area (TPSA) is 68.2 Å². The second kappa shape index (κ2) is 7.80. The van der Waals surface area contributed by atoms with E-state index in [9.17, 15) is 4.79 Å². The predicted octanol–water partition coefficient (Wildman–Crippen LogP) is 4.29. The molecule has 2 saturated heterocycles. The van der Waals surface area contributed by atoms with Crippen molar-refractivity contribution < 1.29 is 9.53 Å². The van der Waals surface area contributed by atoms with E-state index >= 15 is 0 Å². The van der Waals surface area contributed by atoms with Crippen LogP contribution in [-0.2, 0) is 0 Å². The van der Waals surface area contributed by atoms with Crippen molar-refractivity contribution in [1.82, 2.24) is 19.9 Å². The fourth-order valence-electron chi connectivity index (χ4n) is 4.57. The van der Waals surface area contributed by atoms with Gasteiger partial charge in [0.25, 0.3) is 5.91 Å². The second-order valence-electron chi connectivity index (χ2n) is 8.28. The van der Waals surface area contributed by atoms with Crippen LogP contribution in [0.5, 0.6) is 5.88 Å². The molecule has 1 aliphatic carbocycles. The molecule has 3 aromatic rings. The lowest BCUT2D eigenvalue weighted by atomic mass is 9.77. The van der Waals surface area contributed by atoms with E-state index in [4.69, 9.17) is 4.74 Å². The maximum atomic E-state index is 13.7. The first-order valence-electron chi connectivity index (χ1n) is 10.4. The van der Waals surface area contributed by atoms with Gasteiger partial charge in [0.05, 0.1) is 11.6 Å². The lowest BCUT2D eigenvalue weighted by molar-refractivity contribution is -0.0313. The summed E-state index contributed by atoms with van der Waals surface area (Å²) in [5.41, 5.74) is 3.37. The zero-order valence-electron chi connectivity index (χ0n) is 17.1. The number of aryl methyl sites for hydroxylation is 2. The summed E-state index contributed by atoms with van der Waals surface area (Å²) < 4.78 is 6.26. The summed E-state index contributed by atoms with van der Waals surface area (Å²) in [5, 5.41) is 2.68. The van der Waals surface area contributed by atoms with Crippen LogP contribution in [0.25, 0.3) is 10.7 Å². The average molecular weight is 421 g/mol. The smallest absolute Gasteiger partial charge is 0.256 e. The quantitative estimate of drug-likeness (QED) is 0.630. The number of hydrogen-bond acceptors (Lipinski definition) is 6. The highest BCUT2D eigenvalue weighted by molar-refractivity contribution is 7.13. The molecule has 3 aliphatic rings. The molecule has 6 rings (SSSR count). The summed E-state index contributed by atoms with van der Waals surface area (Å²) in [6.07, 6.45) is 8.40. The van der Waals surface area contributed by atoms with Crippen molar-refractivity contribution >= 4 is 17.2 Å². The first-order valence-corrected chi connectivity index (χ1v) is 11.2. The highest BCUT2D eigenvalue weighted by Crippen LogP contribution is 2.38. The van der Waals surface area contributed by atoms with Crippen LogP contribution in [0, 0.1) is 19.8 Å². The SMILES string of the molecule is Cc1ccc(OC2CC3CCC2N(C(=O)c2cc(C)cnc2-c2nccs2)C3)nc1. The van der Waals surface area contributed by atoms with Crippen molar-refractivity contribution in [2.24, 2.45) is 5.92 Å². The summed E-state index contributed by atoms with van der Waals surface area (Å²) >= 11 is 1.50. The van der Waals surface area contributed by atoms with Crippen molar-refractivity contribution in [2.75, 3.05) is 6.54 Å². The number of carbonyl (C=O) groups is 1. The van der Waals surface area contributed by atoms with Gasteiger partial charge in [-0.15, -0.1) is 11.3 Å². The van der Waals surface area contributed by atoms with E-state index in [0.29, 0.717) is 23.1 Å². The van der Waals surface area contributed by atoms with E-state index in [0.717, 1.165) is 41.9 Å². The summed E-state index contributed by atoms with van der Waals surface area (Å²) in [6.45, 7) is 4.75. The second-order valence-corrected chi connectivity index (χ2v) is 9.17. The summed E-state index contributed by atoms with van der Waals surface area (Å²) in [6, 6.07) is 5.90. The molecule has 0 radical (unpaired) electrons. The highest BCUT2D eigenvalue weighted by Gasteiger charge is 2.45. The Labute approximate surface area is 180 Å². The average Bonchev–Trinajstić information content (AvgIpc) is 3.30. The fraction of sp³-hybridized carbons (Fsp3) is 0.391. The van der Waals surface area contributed by atoms with Gasteiger partial charge < -0.3 is 9.64 Å². The zero-order chi connectivity index (χ0) is 20.7. The zero-order valence-corrected chi connectivity index (χ0v) is 17.9. The van der Waals surface area contributed by atoms with Gasteiger partial charge >= 0.3 is 0 Å². The predicted molar refractivity (Wildman–Crippen MR) is 116 cm³/mol. The van der Waals surface area contributed by atoms with E-state index < -0.39 is 0 Å².